The first kappa shape index (κ1) is 38.0. The topological polar surface area (TPSA) is 86.8 Å². The molecule has 9 nitrogen and oxygen atoms in total. The molecule has 9 heteroatoms. The SMILES string of the molecule is C=CCCc1cc(C)nn1-c1cccc(-c2cc3nc(C)c(C(OC(C)(C)C)C(=O)OC)c(N4CCC(CCC=C)(CCC(C)C)CC4)n3n2)c1. The van der Waals surface area contributed by atoms with Gasteiger partial charge in [0.25, 0.3) is 0 Å². The van der Waals surface area contributed by atoms with Gasteiger partial charge in [0.2, 0.25) is 0 Å². The van der Waals surface area contributed by atoms with Crippen LogP contribution in [0.5, 0.6) is 0 Å². The molecule has 0 aliphatic carbocycles. The molecule has 5 rings (SSSR count). The number of carbonyl (C=O) groups is 1. The van der Waals surface area contributed by atoms with Gasteiger partial charge >= 0.3 is 5.97 Å². The summed E-state index contributed by atoms with van der Waals surface area (Å²) in [6.45, 7) is 24.1. The van der Waals surface area contributed by atoms with Crippen LogP contribution in [0.1, 0.15) is 108 Å². The van der Waals surface area contributed by atoms with Crippen LogP contribution in [0.4, 0.5) is 5.82 Å². The first-order chi connectivity index (χ1) is 24.3. The van der Waals surface area contributed by atoms with E-state index in [1.165, 1.54) is 20.0 Å². The average Bonchev–Trinajstić information content (AvgIpc) is 3.70. The van der Waals surface area contributed by atoms with Gasteiger partial charge in [0.1, 0.15) is 5.82 Å². The van der Waals surface area contributed by atoms with Crippen LogP contribution >= 0.6 is 0 Å². The van der Waals surface area contributed by atoms with E-state index in [1.54, 1.807) is 0 Å². The summed E-state index contributed by atoms with van der Waals surface area (Å²) in [5, 5.41) is 10.0. The summed E-state index contributed by atoms with van der Waals surface area (Å²) in [5.74, 6) is 1.05. The minimum Gasteiger partial charge on any atom is -0.467 e. The highest BCUT2D eigenvalue weighted by Gasteiger charge is 2.39. The lowest BCUT2D eigenvalue weighted by Crippen LogP contribution is -2.42. The summed E-state index contributed by atoms with van der Waals surface area (Å²) < 4.78 is 15.8. The average molecular weight is 695 g/mol. The molecule has 1 saturated heterocycles. The van der Waals surface area contributed by atoms with Crippen molar-refractivity contribution in [2.24, 2.45) is 11.3 Å². The van der Waals surface area contributed by atoms with Gasteiger partial charge in [-0.15, -0.1) is 13.2 Å². The number of aromatic nitrogens is 5. The maximum atomic E-state index is 13.5. The number of esters is 1. The predicted octanol–water partition coefficient (Wildman–Crippen LogP) is 9.34. The number of benzene rings is 1. The summed E-state index contributed by atoms with van der Waals surface area (Å²) >= 11 is 0. The first-order valence-corrected chi connectivity index (χ1v) is 18.6. The summed E-state index contributed by atoms with van der Waals surface area (Å²) in [5.41, 5.74) is 6.62. The standard InChI is InChI=1S/C42H58N6O3/c1-11-13-17-33-26-30(5)44-47(33)34-18-15-16-32(27-34)35-28-36-43-31(6)37(38(40(49)50-10)51-41(7,8)9)39(48(36)45-35)46-24-22-42(23-25-46,20-14-12-2)21-19-29(3)4/h11-12,15-16,18,26-29,38H,1-2,13-14,17,19-25H2,3-10H3. The van der Waals surface area contributed by atoms with Crippen LogP contribution in [0, 0.1) is 25.2 Å². The van der Waals surface area contributed by atoms with Gasteiger partial charge in [0, 0.05) is 36.1 Å². The van der Waals surface area contributed by atoms with Gasteiger partial charge < -0.3 is 14.4 Å². The molecule has 1 aliphatic rings. The Bertz CT molecular complexity index is 1840. The molecular formula is C42H58N6O3. The maximum absolute atomic E-state index is 13.5. The lowest BCUT2D eigenvalue weighted by Gasteiger charge is -2.44. The van der Waals surface area contributed by atoms with Crippen LogP contribution in [0.15, 0.2) is 61.7 Å². The maximum Gasteiger partial charge on any atom is 0.339 e. The highest BCUT2D eigenvalue weighted by molar-refractivity contribution is 5.80. The quantitative estimate of drug-likeness (QED) is 0.0906. The fourth-order valence-corrected chi connectivity index (χ4v) is 7.38. The Morgan fingerprint density at radius 3 is 2.39 bits per heavy atom. The molecule has 0 bridgehead atoms. The molecule has 0 radical (unpaired) electrons. The van der Waals surface area contributed by atoms with E-state index in [0.717, 1.165) is 97.1 Å². The van der Waals surface area contributed by atoms with E-state index in [0.29, 0.717) is 11.5 Å². The Morgan fingerprint density at radius 1 is 1.02 bits per heavy atom. The number of hydrogen-bond acceptors (Lipinski definition) is 7. The number of methoxy groups -OCH3 is 1. The molecule has 274 valence electrons. The van der Waals surface area contributed by atoms with Crippen molar-refractivity contribution in [3.63, 3.8) is 0 Å². The monoisotopic (exact) mass is 694 g/mol. The number of piperidine rings is 1. The van der Waals surface area contributed by atoms with Crippen LogP contribution in [0.25, 0.3) is 22.6 Å². The van der Waals surface area contributed by atoms with Crippen molar-refractivity contribution in [2.75, 3.05) is 25.1 Å². The lowest BCUT2D eigenvalue weighted by atomic mass is 9.70. The van der Waals surface area contributed by atoms with Crippen molar-refractivity contribution < 1.29 is 14.3 Å². The Morgan fingerprint density at radius 2 is 1.75 bits per heavy atom. The van der Waals surface area contributed by atoms with Gasteiger partial charge in [-0.2, -0.15) is 14.7 Å². The Labute approximate surface area is 304 Å². The number of ether oxygens (including phenoxy) is 2. The number of anilines is 1. The van der Waals surface area contributed by atoms with E-state index < -0.39 is 17.7 Å². The summed E-state index contributed by atoms with van der Waals surface area (Å²) in [4.78, 5) is 21.0. The number of rotatable bonds is 15. The zero-order chi connectivity index (χ0) is 36.9. The van der Waals surface area contributed by atoms with E-state index in [-0.39, 0.29) is 5.41 Å². The second kappa shape index (κ2) is 16.0. The summed E-state index contributed by atoms with van der Waals surface area (Å²) in [7, 11) is 1.41. The van der Waals surface area contributed by atoms with Crippen LogP contribution in [0.3, 0.4) is 0 Å². The molecule has 4 heterocycles. The largest absolute Gasteiger partial charge is 0.467 e. The molecule has 1 aromatic carbocycles. The third kappa shape index (κ3) is 8.80. The molecule has 1 fully saturated rings. The fourth-order valence-electron chi connectivity index (χ4n) is 7.38. The van der Waals surface area contributed by atoms with Crippen LogP contribution in [-0.2, 0) is 20.7 Å². The van der Waals surface area contributed by atoms with Gasteiger partial charge in [0.15, 0.2) is 11.8 Å². The van der Waals surface area contributed by atoms with E-state index in [4.69, 9.17) is 24.7 Å². The minimum atomic E-state index is -0.969. The predicted molar refractivity (Wildman–Crippen MR) is 207 cm³/mol. The molecule has 0 saturated carbocycles. The zero-order valence-corrected chi connectivity index (χ0v) is 32.2. The van der Waals surface area contributed by atoms with Gasteiger partial charge in [-0.1, -0.05) is 44.6 Å². The first-order valence-electron chi connectivity index (χ1n) is 18.6. The lowest BCUT2D eigenvalue weighted by molar-refractivity contribution is -0.164. The van der Waals surface area contributed by atoms with Gasteiger partial charge in [0.05, 0.1) is 35.3 Å². The molecule has 1 aliphatic heterocycles. The molecule has 51 heavy (non-hydrogen) atoms. The van der Waals surface area contributed by atoms with Crippen molar-refractivity contribution in [1.29, 1.82) is 0 Å². The second-order valence-corrected chi connectivity index (χ2v) is 15.7. The second-order valence-electron chi connectivity index (χ2n) is 15.7. The number of fused-ring (bicyclic) bond motifs is 1. The molecule has 1 atom stereocenters. The van der Waals surface area contributed by atoms with Crippen molar-refractivity contribution in [2.45, 2.75) is 112 Å². The van der Waals surface area contributed by atoms with Crippen molar-refractivity contribution in [1.82, 2.24) is 24.4 Å². The molecule has 0 spiro atoms. The van der Waals surface area contributed by atoms with Crippen molar-refractivity contribution in [3.05, 3.63) is 84.4 Å². The van der Waals surface area contributed by atoms with E-state index >= 15 is 0 Å². The molecule has 4 aromatic rings. The number of allylic oxidation sites excluding steroid dienone is 2. The molecular weight excluding hydrogens is 637 g/mol. The molecule has 0 amide bonds. The van der Waals surface area contributed by atoms with Gasteiger partial charge in [-0.05, 0) is 109 Å². The highest BCUT2D eigenvalue weighted by atomic mass is 16.6. The normalized spacial score (nSPS) is 15.4. The minimum absolute atomic E-state index is 0.255. The molecule has 0 N–H and O–H groups in total. The van der Waals surface area contributed by atoms with Crippen molar-refractivity contribution >= 4 is 17.4 Å². The highest BCUT2D eigenvalue weighted by Crippen LogP contribution is 2.44. The fraction of sp³-hybridized carbons (Fsp3) is 0.524. The number of hydrogen-bond donors (Lipinski definition) is 0. The number of carbonyl (C=O) groups excluding carboxylic acids is 1. The Hall–Kier alpha value is -4.24. The van der Waals surface area contributed by atoms with E-state index in [1.807, 2.05) is 62.0 Å². The van der Waals surface area contributed by atoms with Crippen molar-refractivity contribution in [3.8, 4) is 16.9 Å². The van der Waals surface area contributed by atoms with Gasteiger partial charge in [-0.25, -0.2) is 14.5 Å². The third-order valence-corrected chi connectivity index (χ3v) is 10.1. The number of nitrogens with zero attached hydrogens (tertiary/aromatic N) is 6. The van der Waals surface area contributed by atoms with Crippen LogP contribution in [0.2, 0.25) is 0 Å². The van der Waals surface area contributed by atoms with E-state index in [9.17, 15) is 4.79 Å². The Balaban J connectivity index is 1.63. The van der Waals surface area contributed by atoms with Crippen LogP contribution < -0.4 is 4.90 Å². The third-order valence-electron chi connectivity index (χ3n) is 10.1. The summed E-state index contributed by atoms with van der Waals surface area (Å²) in [6, 6.07) is 12.5. The Kier molecular flexibility index (Phi) is 11.9. The summed E-state index contributed by atoms with van der Waals surface area (Å²) in [6.07, 6.45) is 11.4. The zero-order valence-electron chi connectivity index (χ0n) is 32.2. The van der Waals surface area contributed by atoms with Crippen LogP contribution in [-0.4, -0.2) is 56.1 Å². The van der Waals surface area contributed by atoms with E-state index in [2.05, 4.69) is 62.2 Å². The van der Waals surface area contributed by atoms with Gasteiger partial charge in [-0.3, -0.25) is 0 Å². The molecule has 3 aromatic heterocycles. The number of aryl methyl sites for hydroxylation is 3. The molecule has 1 unspecified atom stereocenters. The smallest absolute Gasteiger partial charge is 0.339 e.